The molecule has 1 rings (SSSR count). The van der Waals surface area contributed by atoms with E-state index in [9.17, 15) is 4.79 Å². The van der Waals surface area contributed by atoms with E-state index in [4.69, 9.17) is 5.11 Å². The quantitative estimate of drug-likeness (QED) is 0.678. The van der Waals surface area contributed by atoms with E-state index in [-0.39, 0.29) is 11.3 Å². The van der Waals surface area contributed by atoms with E-state index in [1.54, 1.807) is 0 Å². The zero-order valence-corrected chi connectivity index (χ0v) is 7.83. The first kappa shape index (κ1) is 10.0. The molecule has 1 saturated carbocycles. The molecule has 1 aliphatic rings. The van der Waals surface area contributed by atoms with Crippen LogP contribution in [0.15, 0.2) is 25.3 Å². The van der Waals surface area contributed by atoms with Gasteiger partial charge in [-0.15, -0.1) is 13.2 Å². The Morgan fingerprint density at radius 2 is 1.77 bits per heavy atom. The van der Waals surface area contributed by atoms with Gasteiger partial charge in [-0.05, 0) is 25.7 Å². The predicted molar refractivity (Wildman–Crippen MR) is 52.4 cm³/mol. The number of allylic oxidation sites excluding steroid dienone is 2. The Hall–Kier alpha value is -1.05. The number of carboxylic acids is 1. The number of carbonyl (C=O) groups is 1. The zero-order chi connectivity index (χ0) is 9.90. The Morgan fingerprint density at radius 1 is 1.31 bits per heavy atom. The van der Waals surface area contributed by atoms with Crippen LogP contribution in [-0.2, 0) is 4.79 Å². The van der Waals surface area contributed by atoms with Crippen molar-refractivity contribution in [3.8, 4) is 0 Å². The summed E-state index contributed by atoms with van der Waals surface area (Å²) in [5, 5.41) is 8.80. The summed E-state index contributed by atoms with van der Waals surface area (Å²) in [6.07, 6.45) is 7.03. The lowest BCUT2D eigenvalue weighted by Crippen LogP contribution is -2.27. The van der Waals surface area contributed by atoms with Gasteiger partial charge in [0.05, 0.1) is 5.92 Å². The normalized spacial score (nSPS) is 22.2. The molecule has 0 aromatic rings. The molecule has 72 valence electrons. The molecule has 13 heavy (non-hydrogen) atoms. The molecule has 0 atom stereocenters. The molecule has 0 radical (unpaired) electrons. The van der Waals surface area contributed by atoms with E-state index in [1.165, 1.54) is 0 Å². The molecule has 1 fully saturated rings. The van der Waals surface area contributed by atoms with Gasteiger partial charge in [0, 0.05) is 5.41 Å². The summed E-state index contributed by atoms with van der Waals surface area (Å²) < 4.78 is 0. The third-order valence-corrected chi connectivity index (χ3v) is 3.08. The maximum Gasteiger partial charge on any atom is 0.306 e. The monoisotopic (exact) mass is 180 g/mol. The van der Waals surface area contributed by atoms with Crippen molar-refractivity contribution in [1.29, 1.82) is 0 Å². The van der Waals surface area contributed by atoms with Gasteiger partial charge in [0.1, 0.15) is 0 Å². The molecule has 1 N–H and O–H groups in total. The van der Waals surface area contributed by atoms with Crippen LogP contribution in [-0.4, -0.2) is 11.1 Å². The largest absolute Gasteiger partial charge is 0.481 e. The zero-order valence-electron chi connectivity index (χ0n) is 7.83. The summed E-state index contributed by atoms with van der Waals surface area (Å²) in [4.78, 5) is 10.7. The van der Waals surface area contributed by atoms with Gasteiger partial charge in [-0.3, -0.25) is 4.79 Å². The molecule has 0 spiro atoms. The Morgan fingerprint density at radius 3 is 2.08 bits per heavy atom. The van der Waals surface area contributed by atoms with E-state index < -0.39 is 5.97 Å². The summed E-state index contributed by atoms with van der Waals surface area (Å²) in [5.74, 6) is -0.824. The van der Waals surface area contributed by atoms with E-state index in [0.717, 1.165) is 25.7 Å². The molecule has 0 amide bonds. The predicted octanol–water partition coefficient (Wildman–Crippen LogP) is 2.62. The highest BCUT2D eigenvalue weighted by Crippen LogP contribution is 2.40. The Labute approximate surface area is 79.0 Å². The molecule has 0 heterocycles. The highest BCUT2D eigenvalue weighted by molar-refractivity contribution is 5.70. The van der Waals surface area contributed by atoms with E-state index in [0.29, 0.717) is 0 Å². The fourth-order valence-corrected chi connectivity index (χ4v) is 1.89. The first-order valence-corrected chi connectivity index (χ1v) is 4.63. The highest BCUT2D eigenvalue weighted by atomic mass is 16.4. The van der Waals surface area contributed by atoms with Crippen LogP contribution in [0.1, 0.15) is 25.7 Å². The minimum Gasteiger partial charge on any atom is -0.481 e. The molecular formula is C11H16O2. The topological polar surface area (TPSA) is 37.3 Å². The minimum atomic E-state index is -0.665. The van der Waals surface area contributed by atoms with Crippen molar-refractivity contribution in [2.45, 2.75) is 25.7 Å². The van der Waals surface area contributed by atoms with E-state index in [2.05, 4.69) is 13.2 Å². The molecule has 1 aliphatic carbocycles. The average Bonchev–Trinajstić information content (AvgIpc) is 2.18. The Balaban J connectivity index is 2.59. The molecule has 2 nitrogen and oxygen atoms in total. The number of hydrogen-bond donors (Lipinski definition) is 1. The van der Waals surface area contributed by atoms with Gasteiger partial charge in [-0.2, -0.15) is 0 Å². The van der Waals surface area contributed by atoms with Crippen molar-refractivity contribution in [1.82, 2.24) is 0 Å². The van der Waals surface area contributed by atoms with Gasteiger partial charge < -0.3 is 5.11 Å². The molecule has 0 aromatic heterocycles. The van der Waals surface area contributed by atoms with Crippen LogP contribution < -0.4 is 0 Å². The summed E-state index contributed by atoms with van der Waals surface area (Å²) in [7, 11) is 0. The van der Waals surface area contributed by atoms with Crippen LogP contribution >= 0.6 is 0 Å². The second-order valence-electron chi connectivity index (χ2n) is 3.75. The van der Waals surface area contributed by atoms with Gasteiger partial charge in [0.15, 0.2) is 0 Å². The second-order valence-corrected chi connectivity index (χ2v) is 3.75. The number of hydrogen-bond acceptors (Lipinski definition) is 1. The van der Waals surface area contributed by atoms with Crippen molar-refractivity contribution >= 4 is 5.97 Å². The van der Waals surface area contributed by atoms with Crippen molar-refractivity contribution in [2.75, 3.05) is 0 Å². The maximum atomic E-state index is 10.7. The molecule has 0 aromatic carbocycles. The molecule has 2 heteroatoms. The van der Waals surface area contributed by atoms with Crippen LogP contribution in [0.5, 0.6) is 0 Å². The van der Waals surface area contributed by atoms with E-state index >= 15 is 0 Å². The van der Waals surface area contributed by atoms with Gasteiger partial charge in [-0.25, -0.2) is 0 Å². The summed E-state index contributed by atoms with van der Waals surface area (Å²) >= 11 is 0. The lowest BCUT2D eigenvalue weighted by Gasteiger charge is -2.33. The van der Waals surface area contributed by atoms with Gasteiger partial charge >= 0.3 is 5.97 Å². The molecule has 0 aliphatic heterocycles. The van der Waals surface area contributed by atoms with Crippen molar-refractivity contribution in [3.63, 3.8) is 0 Å². The van der Waals surface area contributed by atoms with Crippen LogP contribution in [0.4, 0.5) is 0 Å². The fraction of sp³-hybridized carbons (Fsp3) is 0.545. The lowest BCUT2D eigenvalue weighted by atomic mass is 9.71. The fourth-order valence-electron chi connectivity index (χ4n) is 1.89. The Kier molecular flexibility index (Phi) is 2.91. The van der Waals surface area contributed by atoms with E-state index in [1.807, 2.05) is 12.2 Å². The third kappa shape index (κ3) is 2.00. The summed E-state index contributed by atoms with van der Waals surface area (Å²) in [5.41, 5.74) is -0.00799. The smallest absolute Gasteiger partial charge is 0.306 e. The van der Waals surface area contributed by atoms with Crippen molar-refractivity contribution < 1.29 is 9.90 Å². The lowest BCUT2D eigenvalue weighted by molar-refractivity contribution is -0.143. The highest BCUT2D eigenvalue weighted by Gasteiger charge is 2.32. The van der Waals surface area contributed by atoms with Gasteiger partial charge in [0.25, 0.3) is 0 Å². The third-order valence-electron chi connectivity index (χ3n) is 3.08. The SMILES string of the molecule is C=CC1(C=C)CCC(C(=O)O)CC1. The summed E-state index contributed by atoms with van der Waals surface area (Å²) in [6.45, 7) is 7.56. The van der Waals surface area contributed by atoms with Crippen LogP contribution in [0.2, 0.25) is 0 Å². The molecular weight excluding hydrogens is 164 g/mol. The van der Waals surface area contributed by atoms with Gasteiger partial charge in [0.2, 0.25) is 0 Å². The number of aliphatic carboxylic acids is 1. The minimum absolute atomic E-state index is 0.00799. The standard InChI is InChI=1S/C11H16O2/c1-3-11(4-2)7-5-9(6-8-11)10(12)13/h3-4,9H,1-2,5-8H2,(H,12,13). The van der Waals surface area contributed by atoms with Crippen LogP contribution in [0, 0.1) is 11.3 Å². The van der Waals surface area contributed by atoms with Gasteiger partial charge in [-0.1, -0.05) is 12.2 Å². The van der Waals surface area contributed by atoms with Crippen molar-refractivity contribution in [3.05, 3.63) is 25.3 Å². The maximum absolute atomic E-state index is 10.7. The first-order chi connectivity index (χ1) is 6.13. The Bertz CT molecular complexity index is 212. The number of rotatable bonds is 3. The molecule has 0 bridgehead atoms. The van der Waals surface area contributed by atoms with Crippen LogP contribution in [0.25, 0.3) is 0 Å². The average molecular weight is 180 g/mol. The van der Waals surface area contributed by atoms with Crippen LogP contribution in [0.3, 0.4) is 0 Å². The number of carboxylic acid groups (broad SMARTS) is 1. The first-order valence-electron chi connectivity index (χ1n) is 4.63. The second kappa shape index (κ2) is 3.77. The molecule has 0 saturated heterocycles. The van der Waals surface area contributed by atoms with Crippen molar-refractivity contribution in [2.24, 2.45) is 11.3 Å². The molecule has 0 unspecified atom stereocenters. The summed E-state index contributed by atoms with van der Waals surface area (Å²) in [6, 6.07) is 0.